The summed E-state index contributed by atoms with van der Waals surface area (Å²) in [7, 11) is 0. The molecule has 1 aliphatic heterocycles. The van der Waals surface area contributed by atoms with E-state index in [0.717, 1.165) is 0 Å². The Morgan fingerprint density at radius 3 is 2.57 bits per heavy atom. The molecule has 0 unspecified atom stereocenters. The van der Waals surface area contributed by atoms with Crippen molar-refractivity contribution in [2.24, 2.45) is 0 Å². The molecular formula is C20H18N4O4. The fourth-order valence-electron chi connectivity index (χ4n) is 3.16. The number of fused-ring (bicyclic) bond motifs is 1. The molecule has 1 aromatic heterocycles. The smallest absolute Gasteiger partial charge is 0.276 e. The summed E-state index contributed by atoms with van der Waals surface area (Å²) >= 11 is 0. The highest BCUT2D eigenvalue weighted by Crippen LogP contribution is 2.17. The van der Waals surface area contributed by atoms with Crippen molar-refractivity contribution < 1.29 is 14.3 Å². The van der Waals surface area contributed by atoms with Gasteiger partial charge in [0, 0.05) is 29.7 Å². The number of carbonyl (C=O) groups excluding carboxylic acids is 2. The Labute approximate surface area is 160 Å². The zero-order valence-corrected chi connectivity index (χ0v) is 15.0. The number of rotatable bonds is 3. The predicted molar refractivity (Wildman–Crippen MR) is 103 cm³/mol. The molecule has 2 N–H and O–H groups in total. The Morgan fingerprint density at radius 2 is 1.79 bits per heavy atom. The van der Waals surface area contributed by atoms with Gasteiger partial charge in [-0.1, -0.05) is 24.3 Å². The molecule has 0 atom stereocenters. The predicted octanol–water partition coefficient (Wildman–Crippen LogP) is 1.65. The summed E-state index contributed by atoms with van der Waals surface area (Å²) in [6, 6.07) is 13.5. The van der Waals surface area contributed by atoms with E-state index in [9.17, 15) is 14.4 Å². The zero-order chi connectivity index (χ0) is 19.5. The first-order valence-electron chi connectivity index (χ1n) is 8.89. The number of hydrogen-bond acceptors (Lipinski definition) is 5. The van der Waals surface area contributed by atoms with Crippen molar-refractivity contribution in [3.8, 4) is 0 Å². The lowest BCUT2D eigenvalue weighted by molar-refractivity contribution is 0.0303. The molecule has 8 heteroatoms. The van der Waals surface area contributed by atoms with Crippen LogP contribution in [-0.2, 0) is 4.74 Å². The third-order valence-corrected chi connectivity index (χ3v) is 4.58. The highest BCUT2D eigenvalue weighted by atomic mass is 16.5. The molecule has 2 amide bonds. The van der Waals surface area contributed by atoms with Crippen LogP contribution in [0, 0.1) is 0 Å². The number of aromatic amines is 1. The molecule has 2 heterocycles. The molecular weight excluding hydrogens is 360 g/mol. The molecule has 3 aromatic rings. The Balaban J connectivity index is 1.58. The number of ether oxygens (including phenoxy) is 1. The average molecular weight is 378 g/mol. The summed E-state index contributed by atoms with van der Waals surface area (Å²) < 4.78 is 5.27. The molecule has 8 nitrogen and oxygen atoms in total. The van der Waals surface area contributed by atoms with Crippen LogP contribution in [0.2, 0.25) is 0 Å². The van der Waals surface area contributed by atoms with Gasteiger partial charge in [0.25, 0.3) is 17.4 Å². The minimum atomic E-state index is -0.469. The second kappa shape index (κ2) is 7.61. The van der Waals surface area contributed by atoms with Crippen LogP contribution in [0.4, 0.5) is 5.69 Å². The third-order valence-electron chi connectivity index (χ3n) is 4.58. The Morgan fingerprint density at radius 1 is 1.04 bits per heavy atom. The standard InChI is InChI=1S/C20H18N4O4/c25-18-16-7-2-1-6-15(16)17(22-23-18)19(26)21-14-5-3-4-13(12-14)20(27)24-8-10-28-11-9-24/h1-7,12H,8-11H2,(H,21,26)(H,23,25). The second-order valence-electron chi connectivity index (χ2n) is 6.39. The van der Waals surface area contributed by atoms with Crippen LogP contribution in [0.3, 0.4) is 0 Å². The third kappa shape index (κ3) is 3.49. The van der Waals surface area contributed by atoms with Gasteiger partial charge in [-0.15, -0.1) is 0 Å². The van der Waals surface area contributed by atoms with Gasteiger partial charge in [-0.2, -0.15) is 5.10 Å². The van der Waals surface area contributed by atoms with Gasteiger partial charge < -0.3 is 15.0 Å². The Hall–Kier alpha value is -3.52. The van der Waals surface area contributed by atoms with E-state index in [-0.39, 0.29) is 17.2 Å². The lowest BCUT2D eigenvalue weighted by atomic mass is 10.1. The minimum absolute atomic E-state index is 0.105. The first-order valence-corrected chi connectivity index (χ1v) is 8.89. The summed E-state index contributed by atoms with van der Waals surface area (Å²) in [6.07, 6.45) is 0. The number of hydrogen-bond donors (Lipinski definition) is 2. The molecule has 0 saturated carbocycles. The molecule has 1 fully saturated rings. The molecule has 28 heavy (non-hydrogen) atoms. The molecule has 0 aliphatic carbocycles. The average Bonchev–Trinajstić information content (AvgIpc) is 2.74. The number of H-pyrrole nitrogens is 1. The van der Waals surface area contributed by atoms with Crippen molar-refractivity contribution in [3.63, 3.8) is 0 Å². The summed E-state index contributed by atoms with van der Waals surface area (Å²) in [5.74, 6) is -0.574. The lowest BCUT2D eigenvalue weighted by Gasteiger charge is -2.27. The molecule has 2 aromatic carbocycles. The lowest BCUT2D eigenvalue weighted by Crippen LogP contribution is -2.40. The van der Waals surface area contributed by atoms with E-state index in [1.165, 1.54) is 0 Å². The van der Waals surface area contributed by atoms with Gasteiger partial charge in [0.2, 0.25) is 0 Å². The van der Waals surface area contributed by atoms with Crippen molar-refractivity contribution in [3.05, 3.63) is 70.1 Å². The van der Waals surface area contributed by atoms with E-state index in [1.807, 2.05) is 0 Å². The topological polar surface area (TPSA) is 104 Å². The van der Waals surface area contributed by atoms with Crippen LogP contribution in [0.25, 0.3) is 10.8 Å². The van der Waals surface area contributed by atoms with Crippen molar-refractivity contribution >= 4 is 28.3 Å². The maximum atomic E-state index is 12.7. The van der Waals surface area contributed by atoms with Gasteiger partial charge >= 0.3 is 0 Å². The van der Waals surface area contributed by atoms with Gasteiger partial charge in [-0.3, -0.25) is 14.4 Å². The van der Waals surface area contributed by atoms with Gasteiger partial charge in [0.15, 0.2) is 5.69 Å². The van der Waals surface area contributed by atoms with Gasteiger partial charge in [-0.05, 0) is 24.3 Å². The largest absolute Gasteiger partial charge is 0.378 e. The van der Waals surface area contributed by atoms with E-state index in [2.05, 4.69) is 15.5 Å². The number of anilines is 1. The zero-order valence-electron chi connectivity index (χ0n) is 15.0. The monoisotopic (exact) mass is 378 g/mol. The normalized spacial score (nSPS) is 14.1. The van der Waals surface area contributed by atoms with Crippen molar-refractivity contribution in [1.82, 2.24) is 15.1 Å². The fraction of sp³-hybridized carbons (Fsp3) is 0.200. The van der Waals surface area contributed by atoms with E-state index >= 15 is 0 Å². The van der Waals surface area contributed by atoms with E-state index in [0.29, 0.717) is 48.3 Å². The number of amides is 2. The molecule has 0 spiro atoms. The summed E-state index contributed by atoms with van der Waals surface area (Å²) in [5.41, 5.74) is 0.713. The summed E-state index contributed by atoms with van der Waals surface area (Å²) in [4.78, 5) is 38.9. The van der Waals surface area contributed by atoms with Crippen LogP contribution >= 0.6 is 0 Å². The van der Waals surface area contributed by atoms with Crippen LogP contribution in [0.5, 0.6) is 0 Å². The Bertz CT molecular complexity index is 1100. The highest BCUT2D eigenvalue weighted by molar-refractivity contribution is 6.11. The van der Waals surface area contributed by atoms with E-state index < -0.39 is 5.91 Å². The number of carbonyl (C=O) groups is 2. The Kier molecular flexibility index (Phi) is 4.86. The number of morpholine rings is 1. The van der Waals surface area contributed by atoms with Crippen molar-refractivity contribution in [2.45, 2.75) is 0 Å². The maximum absolute atomic E-state index is 12.7. The number of benzene rings is 2. The SMILES string of the molecule is O=C(Nc1cccc(C(=O)N2CCOCC2)c1)c1n[nH]c(=O)c2ccccc12. The van der Waals surface area contributed by atoms with E-state index in [4.69, 9.17) is 4.74 Å². The van der Waals surface area contributed by atoms with Crippen molar-refractivity contribution in [1.29, 1.82) is 0 Å². The molecule has 142 valence electrons. The van der Waals surface area contributed by atoms with Crippen LogP contribution < -0.4 is 10.9 Å². The molecule has 0 radical (unpaired) electrons. The first-order chi connectivity index (χ1) is 13.6. The molecule has 1 aliphatic rings. The van der Waals surface area contributed by atoms with Crippen LogP contribution in [0.15, 0.2) is 53.3 Å². The second-order valence-corrected chi connectivity index (χ2v) is 6.39. The molecule has 0 bridgehead atoms. The minimum Gasteiger partial charge on any atom is -0.378 e. The van der Waals surface area contributed by atoms with Gasteiger partial charge in [0.1, 0.15) is 0 Å². The number of nitrogens with one attached hydrogen (secondary N) is 2. The van der Waals surface area contributed by atoms with Crippen LogP contribution in [0.1, 0.15) is 20.8 Å². The maximum Gasteiger partial charge on any atom is 0.276 e. The van der Waals surface area contributed by atoms with E-state index in [1.54, 1.807) is 53.4 Å². The quantitative estimate of drug-likeness (QED) is 0.721. The fourth-order valence-corrected chi connectivity index (χ4v) is 3.16. The highest BCUT2D eigenvalue weighted by Gasteiger charge is 2.19. The van der Waals surface area contributed by atoms with Crippen molar-refractivity contribution in [2.75, 3.05) is 31.6 Å². The van der Waals surface area contributed by atoms with Gasteiger partial charge in [-0.25, -0.2) is 5.10 Å². The summed E-state index contributed by atoms with van der Waals surface area (Å²) in [6.45, 7) is 2.13. The van der Waals surface area contributed by atoms with Gasteiger partial charge in [0.05, 0.1) is 18.6 Å². The molecule has 1 saturated heterocycles. The first kappa shape index (κ1) is 17.9. The number of nitrogens with zero attached hydrogens (tertiary/aromatic N) is 2. The van der Waals surface area contributed by atoms with Crippen LogP contribution in [-0.4, -0.2) is 53.2 Å². The summed E-state index contributed by atoms with van der Waals surface area (Å²) in [5, 5.41) is 9.84. The molecule has 4 rings (SSSR count). The number of aromatic nitrogens is 2.